The van der Waals surface area contributed by atoms with Crippen molar-refractivity contribution in [1.82, 2.24) is 10.3 Å². The lowest BCUT2D eigenvalue weighted by Gasteiger charge is -2.19. The quantitative estimate of drug-likeness (QED) is 0.862. The van der Waals surface area contributed by atoms with E-state index in [1.165, 1.54) is 11.8 Å². The van der Waals surface area contributed by atoms with Crippen LogP contribution in [0.15, 0.2) is 36.7 Å². The van der Waals surface area contributed by atoms with Crippen LogP contribution in [0.4, 0.5) is 10.5 Å². The number of aryl methyl sites for hydroxylation is 2. The van der Waals surface area contributed by atoms with Crippen molar-refractivity contribution in [2.24, 2.45) is 0 Å². The second kappa shape index (κ2) is 6.20. The van der Waals surface area contributed by atoms with Crippen LogP contribution in [-0.2, 0) is 4.79 Å². The number of amides is 3. The van der Waals surface area contributed by atoms with Crippen LogP contribution >= 0.6 is 0 Å². The molecule has 130 valence electrons. The number of hydrogen-bond acceptors (Lipinski definition) is 4. The fraction of sp³-hybridized carbons (Fsp3) is 0.316. The summed E-state index contributed by atoms with van der Waals surface area (Å²) in [7, 11) is 0. The molecule has 6 heteroatoms. The number of rotatable bonds is 4. The van der Waals surface area contributed by atoms with Gasteiger partial charge >= 0.3 is 6.03 Å². The van der Waals surface area contributed by atoms with E-state index in [4.69, 9.17) is 4.74 Å². The molecule has 1 aromatic carbocycles. The summed E-state index contributed by atoms with van der Waals surface area (Å²) in [5.74, 6) is 0.856. The molecule has 2 heterocycles. The predicted octanol–water partition coefficient (Wildman–Crippen LogP) is 3.72. The number of nitrogens with zero attached hydrogens (tertiary/aromatic N) is 2. The monoisotopic (exact) mass is 339 g/mol. The van der Waals surface area contributed by atoms with Gasteiger partial charge in [0.25, 0.3) is 5.91 Å². The van der Waals surface area contributed by atoms with Crippen LogP contribution in [0.2, 0.25) is 0 Å². The summed E-state index contributed by atoms with van der Waals surface area (Å²) in [5, 5.41) is 2.73. The molecule has 1 aliphatic rings. The first-order valence-corrected chi connectivity index (χ1v) is 8.21. The summed E-state index contributed by atoms with van der Waals surface area (Å²) in [4.78, 5) is 30.1. The van der Waals surface area contributed by atoms with Crippen molar-refractivity contribution < 1.29 is 14.3 Å². The van der Waals surface area contributed by atoms with Gasteiger partial charge in [-0.05, 0) is 50.5 Å². The van der Waals surface area contributed by atoms with Gasteiger partial charge in [0.15, 0.2) is 0 Å². The maximum Gasteiger partial charge on any atom is 0.329 e. The van der Waals surface area contributed by atoms with Crippen LogP contribution in [0.5, 0.6) is 11.5 Å². The number of benzene rings is 1. The summed E-state index contributed by atoms with van der Waals surface area (Å²) >= 11 is 0. The average molecular weight is 339 g/mol. The van der Waals surface area contributed by atoms with Gasteiger partial charge in [-0.1, -0.05) is 13.0 Å². The molecule has 0 unspecified atom stereocenters. The number of urea groups is 1. The number of carbonyl (C=O) groups excluding carboxylic acids is 2. The van der Waals surface area contributed by atoms with E-state index < -0.39 is 11.6 Å². The topological polar surface area (TPSA) is 71.5 Å². The van der Waals surface area contributed by atoms with Gasteiger partial charge in [-0.2, -0.15) is 0 Å². The van der Waals surface area contributed by atoms with E-state index in [0.717, 1.165) is 10.5 Å². The second-order valence-corrected chi connectivity index (χ2v) is 6.48. The first-order valence-electron chi connectivity index (χ1n) is 8.21. The summed E-state index contributed by atoms with van der Waals surface area (Å²) in [5.41, 5.74) is 1.80. The highest BCUT2D eigenvalue weighted by molar-refractivity contribution is 6.23. The minimum Gasteiger partial charge on any atom is -0.456 e. The number of hydrogen-bond donors (Lipinski definition) is 1. The normalized spacial score (nSPS) is 19.9. The Kier molecular flexibility index (Phi) is 4.20. The number of anilines is 1. The number of ether oxygens (including phenoxy) is 1. The minimum atomic E-state index is -0.887. The lowest BCUT2D eigenvalue weighted by Crippen LogP contribution is -2.43. The molecular weight excluding hydrogens is 318 g/mol. The lowest BCUT2D eigenvalue weighted by molar-refractivity contribution is -0.121. The van der Waals surface area contributed by atoms with Gasteiger partial charge in [-0.15, -0.1) is 0 Å². The van der Waals surface area contributed by atoms with Gasteiger partial charge in [0, 0.05) is 6.07 Å². The first kappa shape index (κ1) is 17.0. The number of aromatic nitrogens is 1. The largest absolute Gasteiger partial charge is 0.456 e. The van der Waals surface area contributed by atoms with Crippen LogP contribution in [0.25, 0.3) is 0 Å². The highest BCUT2D eigenvalue weighted by Crippen LogP contribution is 2.30. The zero-order chi connectivity index (χ0) is 18.2. The van der Waals surface area contributed by atoms with Gasteiger partial charge in [-0.25, -0.2) is 9.69 Å². The molecule has 1 saturated heterocycles. The molecule has 3 amide bonds. The van der Waals surface area contributed by atoms with Gasteiger partial charge in [0.2, 0.25) is 0 Å². The Morgan fingerprint density at radius 3 is 2.52 bits per heavy atom. The van der Waals surface area contributed by atoms with E-state index in [2.05, 4.69) is 10.3 Å². The third-order valence-corrected chi connectivity index (χ3v) is 4.64. The van der Waals surface area contributed by atoms with Crippen molar-refractivity contribution in [1.29, 1.82) is 0 Å². The van der Waals surface area contributed by atoms with Gasteiger partial charge in [0.1, 0.15) is 17.0 Å². The molecule has 1 aromatic heterocycles. The molecule has 1 N–H and O–H groups in total. The molecule has 3 rings (SSSR count). The Balaban J connectivity index is 1.88. The molecule has 0 saturated carbocycles. The van der Waals surface area contributed by atoms with E-state index in [1.807, 2.05) is 39.0 Å². The number of pyridine rings is 1. The predicted molar refractivity (Wildman–Crippen MR) is 94.9 cm³/mol. The molecule has 1 fully saturated rings. The highest BCUT2D eigenvalue weighted by Gasteiger charge is 2.47. The Morgan fingerprint density at radius 1 is 1.12 bits per heavy atom. The molecule has 6 nitrogen and oxygen atoms in total. The standard InChI is InChI=1S/C19H21N3O3/c1-5-19(4)17(23)22(18(24)21-19)14-9-16(11-20-10-14)25-15-7-6-12(2)13(3)8-15/h6-11H,5H2,1-4H3,(H,21,24)/t19-/m1/s1. The molecule has 1 aliphatic heterocycles. The number of carbonyl (C=O) groups is 2. The van der Waals surface area contributed by atoms with E-state index in [-0.39, 0.29) is 5.91 Å². The van der Waals surface area contributed by atoms with Crippen molar-refractivity contribution in [2.75, 3.05) is 4.90 Å². The fourth-order valence-corrected chi connectivity index (χ4v) is 2.66. The average Bonchev–Trinajstić information content (AvgIpc) is 2.81. The molecule has 0 bridgehead atoms. The Morgan fingerprint density at radius 2 is 1.88 bits per heavy atom. The summed E-state index contributed by atoms with van der Waals surface area (Å²) in [6.45, 7) is 7.62. The SMILES string of the molecule is CC[C@@]1(C)NC(=O)N(c2cncc(Oc3ccc(C)c(C)c3)c2)C1=O. The third-order valence-electron chi connectivity index (χ3n) is 4.64. The number of imide groups is 1. The maximum atomic E-state index is 12.6. The zero-order valence-electron chi connectivity index (χ0n) is 14.8. The highest BCUT2D eigenvalue weighted by atomic mass is 16.5. The Labute approximate surface area is 146 Å². The molecule has 0 radical (unpaired) electrons. The van der Waals surface area contributed by atoms with Crippen LogP contribution in [-0.4, -0.2) is 22.5 Å². The van der Waals surface area contributed by atoms with Crippen LogP contribution in [0.3, 0.4) is 0 Å². The number of nitrogens with one attached hydrogen (secondary N) is 1. The van der Waals surface area contributed by atoms with Crippen LogP contribution in [0.1, 0.15) is 31.4 Å². The van der Waals surface area contributed by atoms with Gasteiger partial charge < -0.3 is 10.1 Å². The maximum absolute atomic E-state index is 12.6. The van der Waals surface area contributed by atoms with E-state index in [9.17, 15) is 9.59 Å². The third kappa shape index (κ3) is 3.07. The van der Waals surface area contributed by atoms with Crippen molar-refractivity contribution >= 4 is 17.6 Å². The van der Waals surface area contributed by atoms with Crippen molar-refractivity contribution in [3.05, 3.63) is 47.8 Å². The lowest BCUT2D eigenvalue weighted by atomic mass is 9.99. The van der Waals surface area contributed by atoms with Crippen LogP contribution in [0, 0.1) is 13.8 Å². The van der Waals surface area contributed by atoms with Gasteiger partial charge in [0.05, 0.1) is 18.1 Å². The molecule has 2 aromatic rings. The van der Waals surface area contributed by atoms with Crippen molar-refractivity contribution in [3.8, 4) is 11.5 Å². The van der Waals surface area contributed by atoms with E-state index in [0.29, 0.717) is 23.6 Å². The Bertz CT molecular complexity index is 850. The van der Waals surface area contributed by atoms with Crippen molar-refractivity contribution in [3.63, 3.8) is 0 Å². The molecular formula is C19H21N3O3. The fourth-order valence-electron chi connectivity index (χ4n) is 2.66. The Hall–Kier alpha value is -2.89. The first-order chi connectivity index (χ1) is 11.8. The van der Waals surface area contributed by atoms with Gasteiger partial charge in [-0.3, -0.25) is 9.78 Å². The minimum absolute atomic E-state index is 0.287. The summed E-state index contributed by atoms with van der Waals surface area (Å²) in [6.07, 6.45) is 3.54. The molecule has 25 heavy (non-hydrogen) atoms. The van der Waals surface area contributed by atoms with Crippen molar-refractivity contribution in [2.45, 2.75) is 39.7 Å². The summed E-state index contributed by atoms with van der Waals surface area (Å²) < 4.78 is 5.83. The zero-order valence-corrected chi connectivity index (χ0v) is 14.8. The second-order valence-electron chi connectivity index (χ2n) is 6.48. The smallest absolute Gasteiger partial charge is 0.329 e. The molecule has 0 aliphatic carbocycles. The molecule has 0 spiro atoms. The van der Waals surface area contributed by atoms with E-state index in [1.54, 1.807) is 19.2 Å². The summed E-state index contributed by atoms with van der Waals surface area (Å²) in [6, 6.07) is 6.98. The van der Waals surface area contributed by atoms with Crippen LogP contribution < -0.4 is 15.0 Å². The molecule has 1 atom stereocenters. The van der Waals surface area contributed by atoms with E-state index >= 15 is 0 Å².